The van der Waals surface area contributed by atoms with Gasteiger partial charge >= 0.3 is 11.8 Å². The zero-order valence-electron chi connectivity index (χ0n) is 28.2. The summed E-state index contributed by atoms with van der Waals surface area (Å²) in [5, 5.41) is 13.7. The van der Waals surface area contributed by atoms with E-state index in [4.69, 9.17) is 53.1 Å². The Balaban J connectivity index is 2.59. The number of rotatable bonds is 10. The number of nitrogens with zero attached hydrogens (tertiary/aromatic N) is 2. The maximum absolute atomic E-state index is 13.5. The zero-order valence-corrected chi connectivity index (χ0v) is 32.5. The first-order valence-corrected chi connectivity index (χ1v) is 21.5. The first-order valence-electron chi connectivity index (χ1n) is 14.6. The number of halogens is 3. The van der Waals surface area contributed by atoms with Crippen molar-refractivity contribution in [3.05, 3.63) is 28.3 Å². The molecule has 2 heterocycles. The van der Waals surface area contributed by atoms with E-state index in [9.17, 15) is 19.5 Å². The van der Waals surface area contributed by atoms with Gasteiger partial charge in [-0.2, -0.15) is 4.98 Å². The number of carbonyl (C=O) groups is 2. The summed E-state index contributed by atoms with van der Waals surface area (Å²) in [7, 11) is -4.71. The molecule has 256 valence electrons. The number of hydrogen-bond donors (Lipinski definition) is 2. The van der Waals surface area contributed by atoms with Crippen LogP contribution in [0.2, 0.25) is 36.3 Å². The van der Waals surface area contributed by atoms with Crippen LogP contribution in [0.1, 0.15) is 77.7 Å². The minimum absolute atomic E-state index is 0.0537. The third-order valence-electron chi connectivity index (χ3n) is 8.98. The quantitative estimate of drug-likeness (QED) is 0.147. The van der Waals surface area contributed by atoms with Crippen LogP contribution in [0.5, 0.6) is 0 Å². The Bertz CT molecular complexity index is 1330. The fraction of sp³-hybridized carbons (Fsp3) is 0.724. The van der Waals surface area contributed by atoms with Crippen LogP contribution in [0.4, 0.5) is 10.6 Å². The highest BCUT2D eigenvalue weighted by Crippen LogP contribution is 2.43. The number of aromatic nitrogens is 2. The second-order valence-electron chi connectivity index (χ2n) is 14.7. The number of hydrogen-bond acceptors (Lipinski definition) is 9. The van der Waals surface area contributed by atoms with Crippen LogP contribution >= 0.6 is 34.8 Å². The van der Waals surface area contributed by atoms with Gasteiger partial charge in [-0.15, -0.1) is 0 Å². The summed E-state index contributed by atoms with van der Waals surface area (Å²) in [6, 6.07) is 0. The number of ether oxygens (including phenoxy) is 2. The average Bonchev–Trinajstić information content (AvgIpc) is 3.14. The maximum atomic E-state index is 13.5. The molecule has 1 aromatic rings. The lowest BCUT2D eigenvalue weighted by Gasteiger charge is -2.41. The minimum atomic E-state index is -2.46. The van der Waals surface area contributed by atoms with E-state index >= 15 is 0 Å². The first-order chi connectivity index (χ1) is 20.1. The second kappa shape index (κ2) is 13.7. The van der Waals surface area contributed by atoms with Crippen molar-refractivity contribution >= 4 is 75.7 Å². The molecule has 0 bridgehead atoms. The molecule has 1 aliphatic heterocycles. The maximum Gasteiger partial charge on any atom is 0.413 e. The molecule has 0 unspecified atom stereocenters. The Kier molecular flexibility index (Phi) is 12.1. The first kappa shape index (κ1) is 39.9. The number of carbonyl (C=O) groups excluding carboxylic acids is 2. The summed E-state index contributed by atoms with van der Waals surface area (Å²) in [4.78, 5) is 42.5. The van der Waals surface area contributed by atoms with Crippen LogP contribution in [-0.2, 0) is 18.3 Å². The summed E-state index contributed by atoms with van der Waals surface area (Å²) in [5.41, 5.74) is -2.79. The molecule has 2 N–H and O–H groups in total. The molecule has 11 nitrogen and oxygen atoms in total. The molecule has 4 atom stereocenters. The number of amides is 1. The van der Waals surface area contributed by atoms with E-state index in [2.05, 4.69) is 84.6 Å². The Hall–Kier alpha value is -1.30. The molecule has 2 rings (SSSR count). The molecule has 16 heteroatoms. The molecule has 0 aromatic carbocycles. The Labute approximate surface area is 283 Å². The smallest absolute Gasteiger partial charge is 0.413 e. The lowest BCUT2D eigenvalue weighted by Crippen LogP contribution is -2.51. The SMILES string of the molecule is C=Cc1c(C=O)c(NC(=O)OC(C)(C)C(Cl)(Cl)Cl)nc(=O)n1[C@@H]1O[C@H](CO[Si](C)(C)C(C)(C)C)[C@@H](O[Si](C)(C)C(C)(C)C)[C@H]1O. The topological polar surface area (TPSA) is 138 Å². The third-order valence-corrected chi connectivity index (χ3v) is 19.3. The van der Waals surface area contributed by atoms with Gasteiger partial charge < -0.3 is 23.4 Å². The predicted molar refractivity (Wildman–Crippen MR) is 184 cm³/mol. The minimum Gasteiger partial charge on any atom is -0.439 e. The number of nitrogens with one attached hydrogen (secondary N) is 1. The molecule has 1 aromatic heterocycles. The Morgan fingerprint density at radius 2 is 1.60 bits per heavy atom. The van der Waals surface area contributed by atoms with Crippen molar-refractivity contribution in [2.45, 2.75) is 126 Å². The molecule has 0 radical (unpaired) electrons. The molecule has 1 amide bonds. The standard InChI is InChI=1S/C29H48Cl3N3O8Si2/c1-14-18-17(15-36)22(34-25(39)42-28(8,9)29(30,31)32)33-24(38)35(18)23-20(37)21(43-45(12,13)27(5,6)7)19(41-23)16-40-44(10,11)26(2,3)4/h14-15,19-21,23,37H,1,16H2,2-13H3,(H,33,34,38,39)/t19-,20-,21-,23-/m1/s1. The van der Waals surface area contributed by atoms with E-state index in [1.165, 1.54) is 19.9 Å². The van der Waals surface area contributed by atoms with Gasteiger partial charge in [-0.3, -0.25) is 14.7 Å². The monoisotopic (exact) mass is 727 g/mol. The van der Waals surface area contributed by atoms with E-state index in [1.807, 2.05) is 0 Å². The number of aliphatic hydroxyl groups is 1. The Morgan fingerprint density at radius 3 is 2.04 bits per heavy atom. The van der Waals surface area contributed by atoms with Gasteiger partial charge in [0.2, 0.25) is 3.79 Å². The molecular weight excluding hydrogens is 681 g/mol. The summed E-state index contributed by atoms with van der Waals surface area (Å²) in [6.07, 6.45) is -3.79. The zero-order chi connectivity index (χ0) is 35.1. The van der Waals surface area contributed by atoms with Crippen molar-refractivity contribution in [1.29, 1.82) is 0 Å². The molecule has 1 fully saturated rings. The van der Waals surface area contributed by atoms with Gasteiger partial charge in [-0.05, 0) is 56.2 Å². The van der Waals surface area contributed by atoms with E-state index in [0.717, 1.165) is 4.57 Å². The van der Waals surface area contributed by atoms with Gasteiger partial charge in [0.15, 0.2) is 40.6 Å². The fourth-order valence-corrected chi connectivity index (χ4v) is 6.33. The summed E-state index contributed by atoms with van der Waals surface area (Å²) >= 11 is 17.7. The van der Waals surface area contributed by atoms with Crippen LogP contribution in [0, 0.1) is 0 Å². The highest BCUT2D eigenvalue weighted by molar-refractivity contribution is 6.74. The van der Waals surface area contributed by atoms with Gasteiger partial charge in [-0.1, -0.05) is 82.9 Å². The molecule has 0 aliphatic carbocycles. The molecule has 0 saturated carbocycles. The molecule has 1 saturated heterocycles. The van der Waals surface area contributed by atoms with Crippen LogP contribution in [0.3, 0.4) is 0 Å². The number of aliphatic hydroxyl groups excluding tert-OH is 1. The lowest BCUT2D eigenvalue weighted by atomic mass is 10.1. The highest BCUT2D eigenvalue weighted by Gasteiger charge is 2.52. The summed E-state index contributed by atoms with van der Waals surface area (Å²) < 4.78 is 23.7. The molecule has 1 aliphatic rings. The third kappa shape index (κ3) is 8.79. The van der Waals surface area contributed by atoms with E-state index in [-0.39, 0.29) is 27.9 Å². The highest BCUT2D eigenvalue weighted by atomic mass is 35.6. The number of anilines is 1. The number of alkyl halides is 3. The van der Waals surface area contributed by atoms with Gasteiger partial charge in [0.25, 0.3) is 0 Å². The van der Waals surface area contributed by atoms with E-state index in [1.54, 1.807) is 0 Å². The molecule has 45 heavy (non-hydrogen) atoms. The second-order valence-corrected chi connectivity index (χ2v) is 26.6. The average molecular weight is 729 g/mol. The van der Waals surface area contributed by atoms with E-state index in [0.29, 0.717) is 6.29 Å². The van der Waals surface area contributed by atoms with Gasteiger partial charge in [0.05, 0.1) is 17.9 Å². The van der Waals surface area contributed by atoms with Crippen molar-refractivity contribution < 1.29 is 33.0 Å². The van der Waals surface area contributed by atoms with E-state index < -0.39 is 68.2 Å². The lowest BCUT2D eigenvalue weighted by molar-refractivity contribution is -0.0531. The van der Waals surface area contributed by atoms with Crippen LogP contribution < -0.4 is 11.0 Å². The summed E-state index contributed by atoms with van der Waals surface area (Å²) in [5.74, 6) is -0.411. The van der Waals surface area contributed by atoms with Gasteiger partial charge in [-0.25, -0.2) is 9.59 Å². The van der Waals surface area contributed by atoms with Gasteiger partial charge in [0, 0.05) is 0 Å². The molecular formula is C29H48Cl3N3O8Si2. The van der Waals surface area contributed by atoms with Crippen LogP contribution in [-0.4, -0.2) is 78.0 Å². The van der Waals surface area contributed by atoms with Crippen LogP contribution in [0.15, 0.2) is 11.4 Å². The largest absolute Gasteiger partial charge is 0.439 e. The number of aldehydes is 1. The predicted octanol–water partition coefficient (Wildman–Crippen LogP) is 7.07. The van der Waals surface area contributed by atoms with Crippen molar-refractivity contribution in [2.24, 2.45) is 0 Å². The molecule has 0 spiro atoms. The van der Waals surface area contributed by atoms with Crippen molar-refractivity contribution in [2.75, 3.05) is 11.9 Å². The van der Waals surface area contributed by atoms with Crippen molar-refractivity contribution in [1.82, 2.24) is 9.55 Å². The normalized spacial score (nSPS) is 21.9. The van der Waals surface area contributed by atoms with Crippen molar-refractivity contribution in [3.63, 3.8) is 0 Å². The van der Waals surface area contributed by atoms with Crippen LogP contribution in [0.25, 0.3) is 6.08 Å². The van der Waals surface area contributed by atoms with Crippen molar-refractivity contribution in [3.8, 4) is 0 Å². The summed E-state index contributed by atoms with van der Waals surface area (Å²) in [6.45, 7) is 27.5. The Morgan fingerprint density at radius 1 is 1.07 bits per heavy atom. The fourth-order valence-electron chi connectivity index (χ4n) is 3.88. The van der Waals surface area contributed by atoms with Gasteiger partial charge in [0.1, 0.15) is 18.3 Å².